The van der Waals surface area contributed by atoms with Crippen LogP contribution in [-0.2, 0) is 8.92 Å². The maximum absolute atomic E-state index is 11.8. The van der Waals surface area contributed by atoms with Gasteiger partial charge in [0.15, 0.2) is 0 Å². The summed E-state index contributed by atoms with van der Waals surface area (Å²) < 4.78 is 10.7. The molecule has 0 unspecified atom stereocenters. The third-order valence-corrected chi connectivity index (χ3v) is 3.06. The van der Waals surface area contributed by atoms with Crippen molar-refractivity contribution in [3.63, 3.8) is 0 Å². The second kappa shape index (κ2) is 6.50. The first kappa shape index (κ1) is 14.6. The topological polar surface area (TPSA) is 38.8 Å². The lowest BCUT2D eigenvalue weighted by atomic mass is 9.98. The summed E-state index contributed by atoms with van der Waals surface area (Å²) in [6, 6.07) is 0. The van der Waals surface area contributed by atoms with Gasteiger partial charge in [0.2, 0.25) is 0 Å². The van der Waals surface area contributed by atoms with Gasteiger partial charge in [-0.1, -0.05) is 0 Å². The van der Waals surface area contributed by atoms with Crippen molar-refractivity contribution >= 4 is 18.1 Å². The Morgan fingerprint density at radius 1 is 1.35 bits per heavy atom. The smallest absolute Gasteiger partial charge is 0.410 e. The maximum Gasteiger partial charge on any atom is 0.410 e. The fraction of sp³-hybridized carbons (Fsp3) is 0.917. The van der Waals surface area contributed by atoms with Crippen LogP contribution >= 0.6 is 12.0 Å². The van der Waals surface area contributed by atoms with Gasteiger partial charge in [-0.2, -0.15) is 0 Å². The van der Waals surface area contributed by atoms with E-state index in [0.29, 0.717) is 5.92 Å². The molecule has 0 radical (unpaired) electrons. The highest BCUT2D eigenvalue weighted by Gasteiger charge is 2.26. The van der Waals surface area contributed by atoms with Gasteiger partial charge in [-0.05, 0) is 51.6 Å². The van der Waals surface area contributed by atoms with Gasteiger partial charge in [-0.15, -0.1) is 0 Å². The average molecular weight is 261 g/mol. The van der Waals surface area contributed by atoms with Crippen LogP contribution in [0.15, 0.2) is 0 Å². The van der Waals surface area contributed by atoms with Crippen LogP contribution in [0.3, 0.4) is 0 Å². The Morgan fingerprint density at radius 2 is 1.94 bits per heavy atom. The summed E-state index contributed by atoms with van der Waals surface area (Å²) in [5, 5.41) is 0. The van der Waals surface area contributed by atoms with Gasteiger partial charge in [0, 0.05) is 19.3 Å². The van der Waals surface area contributed by atoms with Gasteiger partial charge < -0.3 is 13.8 Å². The predicted molar refractivity (Wildman–Crippen MR) is 70.0 cm³/mol. The van der Waals surface area contributed by atoms with Crippen molar-refractivity contribution in [2.24, 2.45) is 5.92 Å². The second-order valence-corrected chi connectivity index (χ2v) is 5.93. The number of hydrogen-bond donors (Lipinski definition) is 0. The van der Waals surface area contributed by atoms with E-state index in [1.807, 2.05) is 27.0 Å². The molecule has 4 nitrogen and oxygen atoms in total. The van der Waals surface area contributed by atoms with Crippen LogP contribution in [-0.4, -0.2) is 42.5 Å². The van der Waals surface area contributed by atoms with E-state index in [1.54, 1.807) is 4.90 Å². The van der Waals surface area contributed by atoms with Gasteiger partial charge in [-0.25, -0.2) is 4.79 Å². The summed E-state index contributed by atoms with van der Waals surface area (Å²) in [7, 11) is 0. The standard InChI is InChI=1S/C12H23NO3S/c1-12(2,3)16-11(14)13-7-5-10(6-8-13)9-15-17-4/h10H,5-9H2,1-4H3. The fourth-order valence-corrected chi connectivity index (χ4v) is 2.10. The monoisotopic (exact) mass is 261 g/mol. The minimum Gasteiger partial charge on any atom is -0.444 e. The average Bonchev–Trinajstić information content (AvgIpc) is 2.24. The van der Waals surface area contributed by atoms with Crippen molar-refractivity contribution < 1.29 is 13.7 Å². The van der Waals surface area contributed by atoms with Crippen molar-refractivity contribution in [3.8, 4) is 0 Å². The molecule has 1 saturated heterocycles. The summed E-state index contributed by atoms with van der Waals surface area (Å²) >= 11 is 1.41. The fourth-order valence-electron chi connectivity index (χ4n) is 1.77. The molecule has 1 amide bonds. The Morgan fingerprint density at radius 3 is 2.41 bits per heavy atom. The van der Waals surface area contributed by atoms with Crippen LogP contribution in [0, 0.1) is 5.92 Å². The van der Waals surface area contributed by atoms with Crippen molar-refractivity contribution in [1.29, 1.82) is 0 Å². The number of rotatable bonds is 3. The van der Waals surface area contributed by atoms with Gasteiger partial charge in [0.1, 0.15) is 5.60 Å². The Balaban J connectivity index is 2.29. The SMILES string of the molecule is CSOCC1CCN(C(=O)OC(C)(C)C)CC1. The number of nitrogens with zero attached hydrogens (tertiary/aromatic N) is 1. The zero-order chi connectivity index (χ0) is 12.9. The van der Waals surface area contributed by atoms with Crippen LogP contribution in [0.2, 0.25) is 0 Å². The quantitative estimate of drug-likeness (QED) is 0.732. The maximum atomic E-state index is 11.8. The molecule has 100 valence electrons. The summed E-state index contributed by atoms with van der Waals surface area (Å²) in [5.74, 6) is 0.570. The van der Waals surface area contributed by atoms with Crippen molar-refractivity contribution in [3.05, 3.63) is 0 Å². The summed E-state index contributed by atoms with van der Waals surface area (Å²) in [6.07, 6.45) is 3.73. The van der Waals surface area contributed by atoms with Crippen molar-refractivity contribution in [2.75, 3.05) is 26.0 Å². The molecule has 0 bridgehead atoms. The van der Waals surface area contributed by atoms with Gasteiger partial charge >= 0.3 is 6.09 Å². The number of piperidine rings is 1. The Bertz CT molecular complexity index is 245. The number of carbonyl (C=O) groups is 1. The number of amides is 1. The van der Waals surface area contributed by atoms with Crippen LogP contribution in [0.4, 0.5) is 4.79 Å². The van der Waals surface area contributed by atoms with E-state index >= 15 is 0 Å². The molecule has 0 atom stereocenters. The lowest BCUT2D eigenvalue weighted by Crippen LogP contribution is -2.42. The molecule has 0 spiro atoms. The van der Waals surface area contributed by atoms with E-state index in [1.165, 1.54) is 12.0 Å². The number of ether oxygens (including phenoxy) is 1. The third-order valence-electron chi connectivity index (χ3n) is 2.69. The first-order chi connectivity index (χ1) is 7.92. The highest BCUT2D eigenvalue weighted by Crippen LogP contribution is 2.20. The highest BCUT2D eigenvalue weighted by atomic mass is 32.2. The molecule has 0 aliphatic carbocycles. The number of likely N-dealkylation sites (tertiary alicyclic amines) is 1. The van der Waals surface area contributed by atoms with Crippen LogP contribution in [0.1, 0.15) is 33.6 Å². The van der Waals surface area contributed by atoms with Crippen molar-refractivity contribution in [2.45, 2.75) is 39.2 Å². The molecule has 17 heavy (non-hydrogen) atoms. The Labute approximate surface area is 108 Å². The first-order valence-electron chi connectivity index (χ1n) is 6.06. The highest BCUT2D eigenvalue weighted by molar-refractivity contribution is 7.93. The predicted octanol–water partition coefficient (Wildman–Crippen LogP) is 2.93. The molecule has 1 heterocycles. The molecule has 0 aromatic heterocycles. The summed E-state index contributed by atoms with van der Waals surface area (Å²) in [4.78, 5) is 13.6. The molecule has 1 aliphatic rings. The molecule has 0 N–H and O–H groups in total. The minimum absolute atomic E-state index is 0.193. The van der Waals surface area contributed by atoms with Crippen LogP contribution in [0.5, 0.6) is 0 Å². The summed E-state index contributed by atoms with van der Waals surface area (Å²) in [6.45, 7) is 8.01. The lowest BCUT2D eigenvalue weighted by Gasteiger charge is -2.33. The largest absolute Gasteiger partial charge is 0.444 e. The number of hydrogen-bond acceptors (Lipinski definition) is 4. The zero-order valence-electron chi connectivity index (χ0n) is 11.2. The second-order valence-electron chi connectivity index (χ2n) is 5.36. The Hall–Kier alpha value is -0.420. The number of carbonyl (C=O) groups excluding carboxylic acids is 1. The van der Waals surface area contributed by atoms with Gasteiger partial charge in [0.25, 0.3) is 0 Å². The van der Waals surface area contributed by atoms with Crippen molar-refractivity contribution in [1.82, 2.24) is 4.90 Å². The zero-order valence-corrected chi connectivity index (χ0v) is 12.0. The van der Waals surface area contributed by atoms with Crippen LogP contribution in [0.25, 0.3) is 0 Å². The molecular weight excluding hydrogens is 238 g/mol. The molecule has 1 rings (SSSR count). The summed E-state index contributed by atoms with van der Waals surface area (Å²) in [5.41, 5.74) is -0.407. The van der Waals surface area contributed by atoms with E-state index < -0.39 is 5.60 Å². The van der Waals surface area contributed by atoms with E-state index in [0.717, 1.165) is 32.5 Å². The minimum atomic E-state index is -0.407. The third kappa shape index (κ3) is 5.64. The Kier molecular flexibility index (Phi) is 5.59. The molecule has 0 aromatic rings. The molecular formula is C12H23NO3S. The van der Waals surface area contributed by atoms with Gasteiger partial charge in [0.05, 0.1) is 6.61 Å². The van der Waals surface area contributed by atoms with Gasteiger partial charge in [-0.3, -0.25) is 0 Å². The molecule has 5 heteroatoms. The lowest BCUT2D eigenvalue weighted by molar-refractivity contribution is 0.0168. The normalized spacial score (nSPS) is 18.2. The molecule has 1 aliphatic heterocycles. The van der Waals surface area contributed by atoms with Crippen LogP contribution < -0.4 is 0 Å². The van der Waals surface area contributed by atoms with E-state index in [9.17, 15) is 4.79 Å². The molecule has 0 saturated carbocycles. The molecule has 0 aromatic carbocycles. The van der Waals surface area contributed by atoms with E-state index in [4.69, 9.17) is 8.92 Å². The molecule has 1 fully saturated rings. The van der Waals surface area contributed by atoms with E-state index in [2.05, 4.69) is 0 Å². The van der Waals surface area contributed by atoms with E-state index in [-0.39, 0.29) is 6.09 Å². The first-order valence-corrected chi connectivity index (χ1v) is 7.21.